The van der Waals surface area contributed by atoms with Crippen LogP contribution in [0.15, 0.2) is 11.8 Å². The predicted octanol–water partition coefficient (Wildman–Crippen LogP) is 5.88. The average Bonchev–Trinajstić information content (AvgIpc) is 2.45. The van der Waals surface area contributed by atoms with Gasteiger partial charge in [0.25, 0.3) is 0 Å². The summed E-state index contributed by atoms with van der Waals surface area (Å²) in [6.45, 7) is 19.5. The van der Waals surface area contributed by atoms with Crippen molar-refractivity contribution in [3.63, 3.8) is 0 Å². The summed E-state index contributed by atoms with van der Waals surface area (Å²) in [5, 5.41) is 0. The van der Waals surface area contributed by atoms with Gasteiger partial charge in [-0.2, -0.15) is 21.6 Å². The highest BCUT2D eigenvalue weighted by Crippen LogP contribution is 2.79. The van der Waals surface area contributed by atoms with Crippen molar-refractivity contribution in [2.75, 3.05) is 0 Å². The summed E-state index contributed by atoms with van der Waals surface area (Å²) in [5.41, 5.74) is -8.11. The molecular formula is C18H31F3O3S. The van der Waals surface area contributed by atoms with Crippen LogP contribution in [0.2, 0.25) is 0 Å². The van der Waals surface area contributed by atoms with Crippen molar-refractivity contribution in [2.24, 2.45) is 27.1 Å². The third-order valence-corrected chi connectivity index (χ3v) is 9.39. The van der Waals surface area contributed by atoms with E-state index in [0.29, 0.717) is 0 Å². The van der Waals surface area contributed by atoms with E-state index in [1.165, 1.54) is 13.0 Å². The van der Waals surface area contributed by atoms with Crippen LogP contribution in [0.25, 0.3) is 0 Å². The quantitative estimate of drug-likeness (QED) is 0.347. The van der Waals surface area contributed by atoms with E-state index >= 15 is 0 Å². The van der Waals surface area contributed by atoms with E-state index in [9.17, 15) is 21.6 Å². The van der Waals surface area contributed by atoms with Crippen molar-refractivity contribution < 1.29 is 25.8 Å². The molecule has 1 fully saturated rings. The van der Waals surface area contributed by atoms with Crippen molar-refractivity contribution >= 4 is 10.1 Å². The van der Waals surface area contributed by atoms with E-state index in [1.807, 2.05) is 34.6 Å². The van der Waals surface area contributed by atoms with Gasteiger partial charge in [0.2, 0.25) is 0 Å². The molecule has 0 radical (unpaired) electrons. The largest absolute Gasteiger partial charge is 0.534 e. The lowest BCUT2D eigenvalue weighted by Crippen LogP contribution is -2.46. The van der Waals surface area contributed by atoms with E-state index in [0.717, 1.165) is 0 Å². The van der Waals surface area contributed by atoms with E-state index in [-0.39, 0.29) is 16.6 Å². The highest BCUT2D eigenvalue weighted by molar-refractivity contribution is 7.87. The van der Waals surface area contributed by atoms with Crippen LogP contribution in [-0.2, 0) is 14.3 Å². The Morgan fingerprint density at radius 2 is 1.12 bits per heavy atom. The normalized spacial score (nSPS) is 27.2. The van der Waals surface area contributed by atoms with Gasteiger partial charge in [-0.1, -0.05) is 62.3 Å². The molecule has 0 spiro atoms. The first-order valence-corrected chi connectivity index (χ1v) is 9.75. The third-order valence-electron chi connectivity index (χ3n) is 8.43. The second-order valence-electron chi connectivity index (χ2n) is 9.26. The van der Waals surface area contributed by atoms with Crippen LogP contribution in [0.4, 0.5) is 13.2 Å². The van der Waals surface area contributed by atoms with Crippen molar-refractivity contribution in [3.8, 4) is 0 Å². The van der Waals surface area contributed by atoms with Gasteiger partial charge < -0.3 is 4.18 Å². The number of hydrogen-bond donors (Lipinski definition) is 0. The Labute approximate surface area is 150 Å². The molecule has 3 nitrogen and oxygen atoms in total. The van der Waals surface area contributed by atoms with E-state index in [1.54, 1.807) is 0 Å². The predicted molar refractivity (Wildman–Crippen MR) is 93.0 cm³/mol. The number of hydrogen-bond acceptors (Lipinski definition) is 3. The molecule has 0 aliphatic heterocycles. The van der Waals surface area contributed by atoms with Crippen LogP contribution in [0.1, 0.15) is 69.2 Å². The summed E-state index contributed by atoms with van der Waals surface area (Å²) in [4.78, 5) is 0. The maximum absolute atomic E-state index is 12.9. The average molecular weight is 385 g/mol. The van der Waals surface area contributed by atoms with Crippen molar-refractivity contribution in [1.29, 1.82) is 0 Å². The second-order valence-corrected chi connectivity index (χ2v) is 10.8. The monoisotopic (exact) mass is 384 g/mol. The Bertz CT molecular complexity index is 655. The zero-order chi connectivity index (χ0) is 20.5. The maximum Gasteiger partial charge on any atom is 0.534 e. The van der Waals surface area contributed by atoms with Crippen LogP contribution in [0.5, 0.6) is 0 Å². The van der Waals surface area contributed by atoms with Crippen LogP contribution in [-0.4, -0.2) is 13.9 Å². The maximum atomic E-state index is 12.9. The van der Waals surface area contributed by atoms with Gasteiger partial charge in [0, 0.05) is 5.41 Å². The smallest absolute Gasteiger partial charge is 0.380 e. The van der Waals surface area contributed by atoms with Crippen LogP contribution >= 0.6 is 0 Å². The molecule has 148 valence electrons. The zero-order valence-corrected chi connectivity index (χ0v) is 17.7. The van der Waals surface area contributed by atoms with E-state index < -0.39 is 31.9 Å². The Balaban J connectivity index is 3.72. The molecule has 0 aromatic carbocycles. The van der Waals surface area contributed by atoms with Gasteiger partial charge in [-0.3, -0.25) is 0 Å². The molecule has 0 aromatic heterocycles. The molecule has 0 N–H and O–H groups in total. The summed E-state index contributed by atoms with van der Waals surface area (Å²) in [7, 11) is -5.73. The molecule has 0 atom stereocenters. The molecule has 0 heterocycles. The first-order chi connectivity index (χ1) is 10.7. The van der Waals surface area contributed by atoms with Crippen molar-refractivity contribution in [2.45, 2.75) is 74.7 Å². The van der Waals surface area contributed by atoms with Gasteiger partial charge in [0.15, 0.2) is 0 Å². The first-order valence-electron chi connectivity index (χ1n) is 8.34. The van der Waals surface area contributed by atoms with Crippen LogP contribution in [0.3, 0.4) is 0 Å². The van der Waals surface area contributed by atoms with Gasteiger partial charge >= 0.3 is 15.6 Å². The number of rotatable bonds is 3. The van der Waals surface area contributed by atoms with E-state index in [2.05, 4.69) is 27.7 Å². The molecular weight excluding hydrogens is 353 g/mol. The Morgan fingerprint density at radius 1 is 0.800 bits per heavy atom. The highest BCUT2D eigenvalue weighted by atomic mass is 32.2. The third kappa shape index (κ3) is 2.40. The molecule has 0 amide bonds. The first kappa shape index (κ1) is 22.3. The molecule has 1 saturated carbocycles. The summed E-state index contributed by atoms with van der Waals surface area (Å²) < 4.78 is 66.7. The molecule has 0 saturated heterocycles. The van der Waals surface area contributed by atoms with Crippen molar-refractivity contribution in [3.05, 3.63) is 11.8 Å². The zero-order valence-electron chi connectivity index (χ0n) is 16.8. The van der Waals surface area contributed by atoms with Gasteiger partial charge in [0.1, 0.15) is 5.76 Å². The summed E-state index contributed by atoms with van der Waals surface area (Å²) in [6.07, 6.45) is 1.35. The molecule has 0 aromatic rings. The van der Waals surface area contributed by atoms with Crippen LogP contribution in [0, 0.1) is 27.1 Å². The van der Waals surface area contributed by atoms with Gasteiger partial charge in [-0.05, 0) is 34.7 Å². The minimum Gasteiger partial charge on any atom is -0.380 e. The topological polar surface area (TPSA) is 43.4 Å². The lowest BCUT2D eigenvalue weighted by Gasteiger charge is -2.50. The highest BCUT2D eigenvalue weighted by Gasteiger charge is 2.75. The fourth-order valence-corrected chi connectivity index (χ4v) is 5.39. The standard InChI is InChI=1S/C18H31F3O3S/c1-11-12(24-25(22,23)18(19,20)21)17(10)15(6,7)13(2,3)14(4,5)16(17,8)9/h11H,1-10H3/b12-11-. The fraction of sp³-hybridized carbons (Fsp3) is 0.889. The Hall–Kier alpha value is -0.720. The van der Waals surface area contributed by atoms with Gasteiger partial charge in [-0.15, -0.1) is 0 Å². The SMILES string of the molecule is C/C=C(\OS(=O)(=O)C(F)(F)F)C1(C)C(C)(C)C(C)(C)C(C)(C)C1(C)C. The molecule has 1 rings (SSSR count). The molecule has 1 aliphatic carbocycles. The lowest BCUT2D eigenvalue weighted by atomic mass is 9.55. The lowest BCUT2D eigenvalue weighted by molar-refractivity contribution is -0.0585. The summed E-state index contributed by atoms with van der Waals surface area (Å²) in [6, 6.07) is 0. The number of halogens is 3. The van der Waals surface area contributed by atoms with Crippen molar-refractivity contribution in [1.82, 2.24) is 0 Å². The molecule has 0 unspecified atom stereocenters. The number of allylic oxidation sites excluding steroid dienone is 2. The van der Waals surface area contributed by atoms with Gasteiger partial charge in [-0.25, -0.2) is 0 Å². The van der Waals surface area contributed by atoms with Gasteiger partial charge in [0.05, 0.1) is 0 Å². The summed E-state index contributed by atoms with van der Waals surface area (Å²) >= 11 is 0. The molecule has 0 bridgehead atoms. The molecule has 25 heavy (non-hydrogen) atoms. The second kappa shape index (κ2) is 5.40. The van der Waals surface area contributed by atoms with E-state index in [4.69, 9.17) is 4.18 Å². The molecule has 1 aliphatic rings. The Kier molecular flexibility index (Phi) is 4.82. The summed E-state index contributed by atoms with van der Waals surface area (Å²) in [5.74, 6) is -0.154. The number of alkyl halides is 3. The minimum atomic E-state index is -5.73. The molecule has 7 heteroatoms. The Morgan fingerprint density at radius 3 is 1.36 bits per heavy atom. The minimum absolute atomic E-state index is 0.154. The fourth-order valence-electron chi connectivity index (χ4n) is 4.80. The van der Waals surface area contributed by atoms with Crippen LogP contribution < -0.4 is 0 Å².